The van der Waals surface area contributed by atoms with Gasteiger partial charge in [0, 0.05) is 24.3 Å². The maximum absolute atomic E-state index is 13.2. The molecule has 0 aliphatic heterocycles. The summed E-state index contributed by atoms with van der Waals surface area (Å²) in [6.45, 7) is 0.344. The summed E-state index contributed by atoms with van der Waals surface area (Å²) in [5, 5.41) is 19.9. The van der Waals surface area contributed by atoms with E-state index in [0.29, 0.717) is 41.0 Å². The molecule has 6 rings (SSSR count). The Bertz CT molecular complexity index is 1580. The summed E-state index contributed by atoms with van der Waals surface area (Å²) < 4.78 is 9.18. The van der Waals surface area contributed by atoms with E-state index in [0.717, 1.165) is 22.2 Å². The fourth-order valence-electron chi connectivity index (χ4n) is 3.90. The Morgan fingerprint density at radius 3 is 2.90 bits per heavy atom. The van der Waals surface area contributed by atoms with Gasteiger partial charge in [-0.2, -0.15) is 20.3 Å². The molecule has 5 heterocycles. The van der Waals surface area contributed by atoms with Crippen LogP contribution < -0.4 is 5.56 Å². The lowest BCUT2D eigenvalue weighted by molar-refractivity contribution is 0.543. The van der Waals surface area contributed by atoms with Crippen molar-refractivity contribution in [1.29, 1.82) is 0 Å². The zero-order chi connectivity index (χ0) is 20.2. The summed E-state index contributed by atoms with van der Waals surface area (Å²) in [6.07, 6.45) is 5.61. The highest BCUT2D eigenvalue weighted by Gasteiger charge is 2.20. The molecule has 0 spiro atoms. The second-order valence-electron chi connectivity index (χ2n) is 7.20. The third-order valence-corrected chi connectivity index (χ3v) is 5.36. The van der Waals surface area contributed by atoms with Crippen LogP contribution in [0.25, 0.3) is 33.0 Å². The third-order valence-electron chi connectivity index (χ3n) is 5.36. The van der Waals surface area contributed by atoms with Crippen molar-refractivity contribution in [2.24, 2.45) is 7.05 Å². The second-order valence-corrected chi connectivity index (χ2v) is 7.20. The highest BCUT2D eigenvalue weighted by molar-refractivity contribution is 6.02. The molecule has 0 unspecified atom stereocenters. The molecule has 0 atom stereocenters. The van der Waals surface area contributed by atoms with Crippen molar-refractivity contribution in [2.45, 2.75) is 13.0 Å². The second kappa shape index (κ2) is 6.14. The van der Waals surface area contributed by atoms with E-state index in [1.54, 1.807) is 23.2 Å². The molecule has 0 saturated carbocycles. The molecule has 0 amide bonds. The number of aromatic nitrogens is 8. The summed E-state index contributed by atoms with van der Waals surface area (Å²) in [4.78, 5) is 17.8. The largest absolute Gasteiger partial charge is 0.438 e. The summed E-state index contributed by atoms with van der Waals surface area (Å²) in [5.41, 5.74) is 4.29. The van der Waals surface area contributed by atoms with Crippen molar-refractivity contribution in [2.75, 3.05) is 0 Å². The molecule has 0 radical (unpaired) electrons. The van der Waals surface area contributed by atoms with Crippen LogP contribution in [0.1, 0.15) is 17.1 Å². The zero-order valence-electron chi connectivity index (χ0n) is 16.0. The maximum Gasteiger partial charge on any atom is 0.291 e. The van der Waals surface area contributed by atoms with Gasteiger partial charge in [-0.25, -0.2) is 4.68 Å². The summed E-state index contributed by atoms with van der Waals surface area (Å²) in [7, 11) is 1.82. The van der Waals surface area contributed by atoms with Gasteiger partial charge in [0.25, 0.3) is 5.56 Å². The first-order valence-corrected chi connectivity index (χ1v) is 9.42. The Morgan fingerprint density at radius 1 is 1.10 bits per heavy atom. The Kier molecular flexibility index (Phi) is 3.42. The molecule has 1 aromatic carbocycles. The highest BCUT2D eigenvalue weighted by Crippen LogP contribution is 2.27. The minimum atomic E-state index is -0.196. The van der Waals surface area contributed by atoms with Crippen LogP contribution in [0.3, 0.4) is 0 Å². The van der Waals surface area contributed by atoms with Crippen molar-refractivity contribution < 1.29 is 4.42 Å². The number of H-pyrrole nitrogens is 2. The first kappa shape index (κ1) is 16.7. The molecule has 0 aliphatic rings. The van der Waals surface area contributed by atoms with Gasteiger partial charge in [0.05, 0.1) is 36.3 Å². The standard InChI is InChI=1S/C20H16N8O2/c1-27-17-14(18-19(27)24-16(30-18)7-12-5-6-21-25-12)9-23-28(20(17)29)10-11-3-2-4-15-13(11)8-22-26-15/h2-6,8-9H,7,10H2,1H3,(H,21,25)(H,22,26). The highest BCUT2D eigenvalue weighted by atomic mass is 16.3. The van der Waals surface area contributed by atoms with Crippen molar-refractivity contribution in [3.05, 3.63) is 70.4 Å². The number of oxazole rings is 1. The van der Waals surface area contributed by atoms with Crippen LogP contribution in [0, 0.1) is 0 Å². The summed E-state index contributed by atoms with van der Waals surface area (Å²) >= 11 is 0. The van der Waals surface area contributed by atoms with Crippen LogP contribution in [0.2, 0.25) is 0 Å². The van der Waals surface area contributed by atoms with Gasteiger partial charge in [0.1, 0.15) is 5.52 Å². The number of nitrogens with zero attached hydrogens (tertiary/aromatic N) is 6. The fourth-order valence-corrected chi connectivity index (χ4v) is 3.90. The lowest BCUT2D eigenvalue weighted by atomic mass is 10.1. The van der Waals surface area contributed by atoms with Gasteiger partial charge in [-0.15, -0.1) is 0 Å². The summed E-state index contributed by atoms with van der Waals surface area (Å²) in [5.74, 6) is 0.553. The van der Waals surface area contributed by atoms with Crippen molar-refractivity contribution >= 4 is 33.0 Å². The molecular weight excluding hydrogens is 384 g/mol. The number of rotatable bonds is 4. The van der Waals surface area contributed by atoms with Gasteiger partial charge < -0.3 is 8.98 Å². The number of hydrogen-bond acceptors (Lipinski definition) is 6. The molecule has 10 nitrogen and oxygen atoms in total. The minimum absolute atomic E-state index is 0.196. The molecule has 148 valence electrons. The molecule has 10 heteroatoms. The molecule has 0 aliphatic carbocycles. The van der Waals surface area contributed by atoms with Gasteiger partial charge in [0.15, 0.2) is 11.2 Å². The van der Waals surface area contributed by atoms with Crippen LogP contribution in [-0.2, 0) is 20.0 Å². The number of aryl methyl sites for hydroxylation is 1. The van der Waals surface area contributed by atoms with Crippen LogP contribution in [-0.4, -0.2) is 39.7 Å². The first-order valence-electron chi connectivity index (χ1n) is 9.42. The monoisotopic (exact) mass is 400 g/mol. The first-order chi connectivity index (χ1) is 14.7. The van der Waals surface area contributed by atoms with Crippen molar-refractivity contribution in [1.82, 2.24) is 39.7 Å². The van der Waals surface area contributed by atoms with E-state index in [2.05, 4.69) is 30.5 Å². The Balaban J connectivity index is 1.45. The number of hydrogen-bond donors (Lipinski definition) is 2. The number of benzene rings is 1. The molecule has 6 aromatic rings. The van der Waals surface area contributed by atoms with Gasteiger partial charge in [-0.1, -0.05) is 12.1 Å². The number of nitrogens with one attached hydrogen (secondary N) is 2. The number of aromatic amines is 2. The van der Waals surface area contributed by atoms with Crippen molar-refractivity contribution in [3.63, 3.8) is 0 Å². The number of fused-ring (bicyclic) bond motifs is 4. The van der Waals surface area contributed by atoms with E-state index >= 15 is 0 Å². The zero-order valence-corrected chi connectivity index (χ0v) is 16.0. The summed E-state index contributed by atoms with van der Waals surface area (Å²) in [6, 6.07) is 7.72. The van der Waals surface area contributed by atoms with E-state index in [1.807, 2.05) is 31.3 Å². The van der Waals surface area contributed by atoms with Gasteiger partial charge in [-0.3, -0.25) is 15.0 Å². The normalized spacial score (nSPS) is 11.9. The molecule has 5 aromatic heterocycles. The predicted octanol–water partition coefficient (Wildman–Crippen LogP) is 2.11. The van der Waals surface area contributed by atoms with E-state index in [9.17, 15) is 4.79 Å². The minimum Gasteiger partial charge on any atom is -0.438 e. The van der Waals surface area contributed by atoms with Crippen LogP contribution in [0.4, 0.5) is 0 Å². The Hall–Kier alpha value is -4.21. The van der Waals surface area contributed by atoms with E-state index < -0.39 is 0 Å². The van der Waals surface area contributed by atoms with E-state index in [-0.39, 0.29) is 5.56 Å². The SMILES string of the molecule is Cn1c2nc(Cc3ccn[nH]3)oc2c2cnn(Cc3cccc4[nH]ncc34)c(=O)c21. The van der Waals surface area contributed by atoms with E-state index in [1.165, 1.54) is 4.68 Å². The molecule has 0 bridgehead atoms. The average Bonchev–Trinajstić information content (AvgIpc) is 3.52. The van der Waals surface area contributed by atoms with Gasteiger partial charge in [-0.05, 0) is 17.7 Å². The molecule has 0 fully saturated rings. The van der Waals surface area contributed by atoms with Crippen LogP contribution in [0.15, 0.2) is 52.1 Å². The molecule has 30 heavy (non-hydrogen) atoms. The quantitative estimate of drug-likeness (QED) is 0.467. The topological polar surface area (TPSA) is 123 Å². The smallest absolute Gasteiger partial charge is 0.291 e. The molecule has 2 N–H and O–H groups in total. The van der Waals surface area contributed by atoms with Crippen molar-refractivity contribution in [3.8, 4) is 0 Å². The van der Waals surface area contributed by atoms with Crippen LogP contribution >= 0.6 is 0 Å². The predicted molar refractivity (Wildman–Crippen MR) is 109 cm³/mol. The lowest BCUT2D eigenvalue weighted by Crippen LogP contribution is -2.24. The third kappa shape index (κ3) is 2.40. The van der Waals surface area contributed by atoms with Crippen LogP contribution in [0.5, 0.6) is 0 Å². The van der Waals surface area contributed by atoms with E-state index in [4.69, 9.17) is 4.42 Å². The maximum atomic E-state index is 13.2. The Labute approximate surface area is 168 Å². The molecule has 0 saturated heterocycles. The Morgan fingerprint density at radius 2 is 2.03 bits per heavy atom. The lowest BCUT2D eigenvalue weighted by Gasteiger charge is -2.06. The fraction of sp³-hybridized carbons (Fsp3) is 0.150. The average molecular weight is 400 g/mol. The van der Waals surface area contributed by atoms with Gasteiger partial charge >= 0.3 is 0 Å². The molecular formula is C20H16N8O2. The van der Waals surface area contributed by atoms with Gasteiger partial charge in [0.2, 0.25) is 5.89 Å².